The molecule has 140 valence electrons. The van der Waals surface area contributed by atoms with Crippen molar-refractivity contribution in [2.24, 2.45) is 4.99 Å². The van der Waals surface area contributed by atoms with Crippen LogP contribution in [0.25, 0.3) is 10.2 Å². The Morgan fingerprint density at radius 3 is 2.81 bits per heavy atom. The number of halogens is 1. The first-order chi connectivity index (χ1) is 12.9. The van der Waals surface area contributed by atoms with Crippen molar-refractivity contribution in [3.05, 3.63) is 56.8 Å². The van der Waals surface area contributed by atoms with Crippen molar-refractivity contribution >= 4 is 39.3 Å². The molecule has 0 aliphatic heterocycles. The standard InChI is InChI=1S/C16H12FN3O6S/c1-2-25-13(21)8-19-14-9(17)4-3-5-11(14)27-16(19)18-15(22)10-6-7-12(26-10)20(23)24/h3-7H,2,8H2,1H3. The predicted molar refractivity (Wildman–Crippen MR) is 91.7 cm³/mol. The van der Waals surface area contributed by atoms with Gasteiger partial charge in [-0.25, -0.2) is 4.39 Å². The molecule has 27 heavy (non-hydrogen) atoms. The number of nitro groups is 1. The summed E-state index contributed by atoms with van der Waals surface area (Å²) < 4.78 is 25.7. The molecule has 0 unspecified atom stereocenters. The number of fused-ring (bicyclic) bond motifs is 1. The lowest BCUT2D eigenvalue weighted by Crippen LogP contribution is -2.23. The minimum Gasteiger partial charge on any atom is -0.465 e. The van der Waals surface area contributed by atoms with Gasteiger partial charge in [-0.3, -0.25) is 19.7 Å². The number of hydrogen-bond acceptors (Lipinski definition) is 7. The Bertz CT molecular complexity index is 1110. The van der Waals surface area contributed by atoms with Crippen LogP contribution in [0, 0.1) is 15.9 Å². The number of carbonyl (C=O) groups is 2. The maximum Gasteiger partial charge on any atom is 0.433 e. The molecule has 11 heteroatoms. The van der Waals surface area contributed by atoms with Crippen molar-refractivity contribution in [1.82, 2.24) is 4.57 Å². The van der Waals surface area contributed by atoms with E-state index in [1.807, 2.05) is 0 Å². The van der Waals surface area contributed by atoms with Crippen LogP contribution >= 0.6 is 11.3 Å². The smallest absolute Gasteiger partial charge is 0.433 e. The highest BCUT2D eigenvalue weighted by atomic mass is 32.1. The van der Waals surface area contributed by atoms with Gasteiger partial charge in [-0.05, 0) is 25.1 Å². The molecule has 0 saturated carbocycles. The van der Waals surface area contributed by atoms with Crippen molar-refractivity contribution in [2.45, 2.75) is 13.5 Å². The Morgan fingerprint density at radius 2 is 2.15 bits per heavy atom. The van der Waals surface area contributed by atoms with Crippen LogP contribution in [0.2, 0.25) is 0 Å². The molecule has 1 amide bonds. The van der Waals surface area contributed by atoms with E-state index in [4.69, 9.17) is 9.15 Å². The molecule has 0 saturated heterocycles. The maximum absolute atomic E-state index is 14.3. The number of rotatable bonds is 5. The van der Waals surface area contributed by atoms with Crippen LogP contribution in [0.5, 0.6) is 0 Å². The van der Waals surface area contributed by atoms with E-state index in [1.165, 1.54) is 16.7 Å². The highest BCUT2D eigenvalue weighted by molar-refractivity contribution is 7.16. The van der Waals surface area contributed by atoms with Crippen LogP contribution < -0.4 is 4.80 Å². The summed E-state index contributed by atoms with van der Waals surface area (Å²) in [6.45, 7) is 1.43. The highest BCUT2D eigenvalue weighted by Gasteiger charge is 2.19. The van der Waals surface area contributed by atoms with Gasteiger partial charge in [-0.1, -0.05) is 17.4 Å². The first-order valence-electron chi connectivity index (χ1n) is 7.67. The van der Waals surface area contributed by atoms with Crippen molar-refractivity contribution in [3.8, 4) is 0 Å². The lowest BCUT2D eigenvalue weighted by Gasteiger charge is -2.05. The molecule has 0 aliphatic carbocycles. The van der Waals surface area contributed by atoms with Crippen molar-refractivity contribution in [1.29, 1.82) is 0 Å². The molecule has 0 aliphatic rings. The van der Waals surface area contributed by atoms with E-state index in [2.05, 4.69) is 4.99 Å². The van der Waals surface area contributed by atoms with Crippen LogP contribution in [0.15, 0.2) is 39.7 Å². The summed E-state index contributed by atoms with van der Waals surface area (Å²) >= 11 is 0.986. The number of amides is 1. The number of carbonyl (C=O) groups excluding carboxylic acids is 2. The van der Waals surface area contributed by atoms with Gasteiger partial charge in [-0.15, -0.1) is 0 Å². The van der Waals surface area contributed by atoms with E-state index in [0.717, 1.165) is 23.5 Å². The molecule has 0 bridgehead atoms. The van der Waals surface area contributed by atoms with Gasteiger partial charge in [0.05, 0.1) is 22.9 Å². The minimum atomic E-state index is -0.896. The zero-order chi connectivity index (χ0) is 19.6. The monoisotopic (exact) mass is 393 g/mol. The van der Waals surface area contributed by atoms with Gasteiger partial charge in [0.25, 0.3) is 0 Å². The molecular formula is C16H12FN3O6S. The quantitative estimate of drug-likeness (QED) is 0.374. The molecule has 2 heterocycles. The number of hydrogen-bond donors (Lipinski definition) is 0. The fraction of sp³-hybridized carbons (Fsp3) is 0.188. The third-order valence-electron chi connectivity index (χ3n) is 3.42. The SMILES string of the molecule is CCOC(=O)Cn1c(=NC(=O)c2ccc([N+](=O)[O-])o2)sc2cccc(F)c21. The van der Waals surface area contributed by atoms with E-state index in [0.29, 0.717) is 4.70 Å². The molecule has 2 aromatic heterocycles. The maximum atomic E-state index is 14.3. The van der Waals surface area contributed by atoms with Crippen molar-refractivity contribution in [3.63, 3.8) is 0 Å². The molecule has 3 rings (SSSR count). The van der Waals surface area contributed by atoms with Crippen LogP contribution in [0.1, 0.15) is 17.5 Å². The van der Waals surface area contributed by atoms with Gasteiger partial charge in [0.2, 0.25) is 5.76 Å². The normalized spacial score (nSPS) is 11.7. The van der Waals surface area contributed by atoms with Crippen molar-refractivity contribution in [2.75, 3.05) is 6.61 Å². The zero-order valence-electron chi connectivity index (χ0n) is 13.9. The molecule has 0 N–H and O–H groups in total. The number of nitrogens with zero attached hydrogens (tertiary/aromatic N) is 3. The molecule has 0 radical (unpaired) electrons. The number of benzene rings is 1. The Kier molecular flexibility index (Phi) is 5.12. The van der Waals surface area contributed by atoms with Gasteiger partial charge < -0.3 is 13.7 Å². The largest absolute Gasteiger partial charge is 0.465 e. The minimum absolute atomic E-state index is 0.0345. The highest BCUT2D eigenvalue weighted by Crippen LogP contribution is 2.21. The molecule has 0 spiro atoms. The number of thiazole rings is 1. The Morgan fingerprint density at radius 1 is 1.37 bits per heavy atom. The van der Waals surface area contributed by atoms with Crippen LogP contribution in [-0.2, 0) is 16.1 Å². The molecule has 1 aromatic carbocycles. The van der Waals surface area contributed by atoms with Gasteiger partial charge in [-0.2, -0.15) is 4.99 Å². The topological polar surface area (TPSA) is 117 Å². The number of furan rings is 1. The van der Waals surface area contributed by atoms with Crippen LogP contribution in [0.3, 0.4) is 0 Å². The molecule has 3 aromatic rings. The Balaban J connectivity index is 2.10. The van der Waals surface area contributed by atoms with E-state index in [9.17, 15) is 24.1 Å². The Hall–Kier alpha value is -3.34. The number of para-hydroxylation sites is 1. The van der Waals surface area contributed by atoms with E-state index in [1.54, 1.807) is 13.0 Å². The third kappa shape index (κ3) is 3.77. The summed E-state index contributed by atoms with van der Waals surface area (Å²) in [4.78, 5) is 37.9. The zero-order valence-corrected chi connectivity index (χ0v) is 14.7. The number of ether oxygens (including phenoxy) is 1. The Labute approximate surface area is 154 Å². The average molecular weight is 393 g/mol. The first-order valence-corrected chi connectivity index (χ1v) is 8.49. The van der Waals surface area contributed by atoms with E-state index >= 15 is 0 Å². The molecule has 0 atom stereocenters. The van der Waals surface area contributed by atoms with Gasteiger partial charge >= 0.3 is 17.8 Å². The van der Waals surface area contributed by atoms with Crippen LogP contribution in [-0.4, -0.2) is 28.0 Å². The summed E-state index contributed by atoms with van der Waals surface area (Å²) in [6.07, 6.45) is 0. The fourth-order valence-corrected chi connectivity index (χ4v) is 3.38. The number of esters is 1. The first kappa shape index (κ1) is 18.5. The number of aromatic nitrogens is 1. The fourth-order valence-electron chi connectivity index (χ4n) is 2.34. The molecule has 0 fully saturated rings. The average Bonchev–Trinajstić information content (AvgIpc) is 3.22. The second-order valence-electron chi connectivity index (χ2n) is 5.17. The van der Waals surface area contributed by atoms with E-state index < -0.39 is 28.5 Å². The van der Waals surface area contributed by atoms with Gasteiger partial charge in [0.1, 0.15) is 17.3 Å². The summed E-state index contributed by atoms with van der Waals surface area (Å²) in [5.74, 6) is -3.05. The summed E-state index contributed by atoms with van der Waals surface area (Å²) in [6, 6.07) is 6.47. The van der Waals surface area contributed by atoms with Gasteiger partial charge in [0, 0.05) is 0 Å². The lowest BCUT2D eigenvalue weighted by molar-refractivity contribution is -0.402. The predicted octanol–water partition coefficient (Wildman–Crippen LogP) is 2.65. The summed E-state index contributed by atoms with van der Waals surface area (Å²) in [5, 5.41) is 10.7. The summed E-state index contributed by atoms with van der Waals surface area (Å²) in [5.41, 5.74) is 0.104. The second kappa shape index (κ2) is 7.50. The third-order valence-corrected chi connectivity index (χ3v) is 4.47. The second-order valence-corrected chi connectivity index (χ2v) is 6.18. The summed E-state index contributed by atoms with van der Waals surface area (Å²) in [7, 11) is 0. The van der Waals surface area contributed by atoms with E-state index in [-0.39, 0.29) is 29.2 Å². The van der Waals surface area contributed by atoms with Crippen molar-refractivity contribution < 1.29 is 28.1 Å². The van der Waals surface area contributed by atoms with Gasteiger partial charge in [0.15, 0.2) is 4.80 Å². The molecule has 9 nitrogen and oxygen atoms in total. The molecular weight excluding hydrogens is 381 g/mol. The van der Waals surface area contributed by atoms with Crippen LogP contribution in [0.4, 0.5) is 10.3 Å². The lowest BCUT2D eigenvalue weighted by atomic mass is 10.3.